The first kappa shape index (κ1) is 41.8. The summed E-state index contributed by atoms with van der Waals surface area (Å²) in [6.07, 6.45) is 4.66. The molecule has 0 amide bonds. The molecule has 3 aliphatic carbocycles. The van der Waals surface area contributed by atoms with Crippen LogP contribution in [0.15, 0.2) is 36.4 Å². The van der Waals surface area contributed by atoms with Crippen LogP contribution in [0.2, 0.25) is 10.0 Å². The summed E-state index contributed by atoms with van der Waals surface area (Å²) in [7, 11) is 0. The van der Waals surface area contributed by atoms with Gasteiger partial charge in [-0.2, -0.15) is 0 Å². The molecule has 2 fully saturated rings. The maximum Gasteiger partial charge on any atom is 0.309 e. The van der Waals surface area contributed by atoms with E-state index in [1.54, 1.807) is 12.1 Å². The van der Waals surface area contributed by atoms with E-state index in [1.165, 1.54) is 0 Å². The molecule has 4 unspecified atom stereocenters. The van der Waals surface area contributed by atoms with Crippen LogP contribution in [0, 0.1) is 23.7 Å². The van der Waals surface area contributed by atoms with Gasteiger partial charge >= 0.3 is 35.8 Å². The standard InChI is InChI=1S/C41H44Cl2N2O12/c42-29-21-31-32(22-30(29)43)45-36-35(44-31)27-11-5-6-12-28(27)41(36,15-13-33(46)54-17-19-56-39(52)25-9-3-1-7-23(25)37(48)49)16-14-34(47)55-18-20-57-40(53)26-10-4-2-8-24(26)38(50)51/h5-6,11-12,21-26H,1-4,7-10,13-20H2,(H,48,49)(H,50,51). The molecule has 0 spiro atoms. The highest BCUT2D eigenvalue weighted by Crippen LogP contribution is 2.53. The van der Waals surface area contributed by atoms with Crippen LogP contribution in [0.3, 0.4) is 0 Å². The molecule has 14 nitrogen and oxygen atoms in total. The van der Waals surface area contributed by atoms with E-state index in [4.69, 9.17) is 52.1 Å². The fraction of sp³-hybridized carbons (Fsp3) is 0.512. The quantitative estimate of drug-likeness (QED) is 0.0874. The number of aromatic nitrogens is 2. The maximum atomic E-state index is 13.2. The molecular weight excluding hydrogens is 783 g/mol. The summed E-state index contributed by atoms with van der Waals surface area (Å²) in [6.45, 7) is -0.916. The van der Waals surface area contributed by atoms with E-state index in [0.717, 1.165) is 36.8 Å². The van der Waals surface area contributed by atoms with Crippen LogP contribution in [-0.4, -0.2) is 82.4 Å². The number of rotatable bonds is 16. The molecule has 2 N–H and O–H groups in total. The number of halogens is 2. The summed E-state index contributed by atoms with van der Waals surface area (Å²) in [4.78, 5) is 84.9. The topological polar surface area (TPSA) is 206 Å². The number of carboxylic acids is 2. The lowest BCUT2D eigenvalue weighted by Crippen LogP contribution is -2.34. The molecule has 0 aliphatic heterocycles. The Morgan fingerprint density at radius 3 is 1.56 bits per heavy atom. The fourth-order valence-electron chi connectivity index (χ4n) is 8.44. The molecule has 304 valence electrons. The number of hydrogen-bond acceptors (Lipinski definition) is 12. The van der Waals surface area contributed by atoms with Crippen LogP contribution in [0.5, 0.6) is 0 Å². The van der Waals surface area contributed by atoms with Crippen molar-refractivity contribution in [3.8, 4) is 11.3 Å². The third-order valence-electron chi connectivity index (χ3n) is 11.3. The van der Waals surface area contributed by atoms with Gasteiger partial charge in [-0.15, -0.1) is 0 Å². The van der Waals surface area contributed by atoms with Crippen molar-refractivity contribution in [1.82, 2.24) is 9.97 Å². The Kier molecular flexibility index (Phi) is 13.7. The largest absolute Gasteiger partial charge is 0.481 e. The third-order valence-corrected chi connectivity index (χ3v) is 12.0. The minimum atomic E-state index is -1.03. The van der Waals surface area contributed by atoms with Crippen molar-refractivity contribution in [2.75, 3.05) is 26.4 Å². The second-order valence-electron chi connectivity index (χ2n) is 14.8. The first-order chi connectivity index (χ1) is 27.4. The van der Waals surface area contributed by atoms with Crippen molar-refractivity contribution in [2.45, 2.75) is 82.5 Å². The third kappa shape index (κ3) is 9.50. The molecule has 1 aromatic heterocycles. The van der Waals surface area contributed by atoms with Crippen molar-refractivity contribution >= 4 is 70.1 Å². The Labute approximate surface area is 338 Å². The minimum absolute atomic E-state index is 0.115. The molecule has 3 aliphatic rings. The van der Waals surface area contributed by atoms with Crippen LogP contribution in [0.4, 0.5) is 0 Å². The predicted octanol–water partition coefficient (Wildman–Crippen LogP) is 6.72. The lowest BCUT2D eigenvalue weighted by molar-refractivity contribution is -0.162. The SMILES string of the molecule is O=C(CCC1(CCC(=O)OCCOC(=O)C2CCCCC2C(=O)O)c2ccccc2-c2nc3cc(Cl)c(Cl)cc3nc21)OCCOC(=O)C1CCCCC1C(=O)O. The van der Waals surface area contributed by atoms with E-state index in [0.29, 0.717) is 53.1 Å². The maximum absolute atomic E-state index is 13.2. The first-order valence-electron chi connectivity index (χ1n) is 19.3. The molecule has 57 heavy (non-hydrogen) atoms. The van der Waals surface area contributed by atoms with E-state index < -0.39 is 64.9 Å². The lowest BCUT2D eigenvalue weighted by Gasteiger charge is -2.30. The van der Waals surface area contributed by atoms with Gasteiger partial charge in [-0.05, 0) is 56.2 Å². The van der Waals surface area contributed by atoms with Crippen LogP contribution < -0.4 is 0 Å². The summed E-state index contributed by atoms with van der Waals surface area (Å²) in [5.41, 5.74) is 2.58. The highest BCUT2D eigenvalue weighted by atomic mass is 35.5. The second kappa shape index (κ2) is 18.6. The Hall–Kier alpha value is -4.82. The Balaban J connectivity index is 1.13. The van der Waals surface area contributed by atoms with Gasteiger partial charge in [0.15, 0.2) is 0 Å². The van der Waals surface area contributed by atoms with Gasteiger partial charge in [-0.1, -0.05) is 73.2 Å². The monoisotopic (exact) mass is 826 g/mol. The number of benzene rings is 2. The molecule has 0 bridgehead atoms. The minimum Gasteiger partial charge on any atom is -0.481 e. The number of ether oxygens (including phenoxy) is 4. The van der Waals surface area contributed by atoms with E-state index >= 15 is 0 Å². The van der Waals surface area contributed by atoms with Crippen molar-refractivity contribution in [1.29, 1.82) is 0 Å². The van der Waals surface area contributed by atoms with E-state index in [2.05, 4.69) is 0 Å². The van der Waals surface area contributed by atoms with E-state index in [1.807, 2.05) is 24.3 Å². The second-order valence-corrected chi connectivity index (χ2v) is 15.6. The van der Waals surface area contributed by atoms with Crippen LogP contribution >= 0.6 is 23.2 Å². The Morgan fingerprint density at radius 2 is 1.07 bits per heavy atom. The van der Waals surface area contributed by atoms with Gasteiger partial charge in [0, 0.05) is 23.8 Å². The van der Waals surface area contributed by atoms with Gasteiger partial charge in [-0.25, -0.2) is 9.97 Å². The highest BCUT2D eigenvalue weighted by Gasteiger charge is 2.46. The molecule has 1 heterocycles. The molecule has 0 saturated heterocycles. The van der Waals surface area contributed by atoms with Crippen LogP contribution in [0.25, 0.3) is 22.3 Å². The number of esters is 4. The van der Waals surface area contributed by atoms with Gasteiger partial charge < -0.3 is 29.2 Å². The molecule has 6 rings (SSSR count). The average molecular weight is 828 g/mol. The molecule has 2 aromatic carbocycles. The molecule has 4 atom stereocenters. The highest BCUT2D eigenvalue weighted by molar-refractivity contribution is 6.42. The summed E-state index contributed by atoms with van der Waals surface area (Å²) >= 11 is 12.7. The van der Waals surface area contributed by atoms with Crippen molar-refractivity contribution in [3.05, 3.63) is 57.7 Å². The number of aliphatic carboxylic acids is 2. The number of fused-ring (bicyclic) bond motifs is 4. The first-order valence-corrected chi connectivity index (χ1v) is 20.0. The van der Waals surface area contributed by atoms with Crippen LogP contribution in [0.1, 0.15) is 88.3 Å². The summed E-state index contributed by atoms with van der Waals surface area (Å²) < 4.78 is 21.5. The van der Waals surface area contributed by atoms with Crippen molar-refractivity contribution in [2.24, 2.45) is 23.7 Å². The van der Waals surface area contributed by atoms with Crippen molar-refractivity contribution in [3.63, 3.8) is 0 Å². The Morgan fingerprint density at radius 1 is 0.632 bits per heavy atom. The zero-order valence-corrected chi connectivity index (χ0v) is 32.7. The van der Waals surface area contributed by atoms with Crippen LogP contribution in [-0.2, 0) is 53.1 Å². The fourth-order valence-corrected chi connectivity index (χ4v) is 8.76. The van der Waals surface area contributed by atoms with Crippen molar-refractivity contribution < 1.29 is 57.9 Å². The summed E-state index contributed by atoms with van der Waals surface area (Å²) in [6, 6.07) is 10.7. The van der Waals surface area contributed by atoms with Gasteiger partial charge in [-0.3, -0.25) is 28.8 Å². The van der Waals surface area contributed by atoms with Gasteiger partial charge in [0.05, 0.1) is 56.1 Å². The molecular formula is C41H44Cl2N2O12. The smallest absolute Gasteiger partial charge is 0.309 e. The number of nitrogens with zero attached hydrogens (tertiary/aromatic N) is 2. The van der Waals surface area contributed by atoms with Gasteiger partial charge in [0.25, 0.3) is 0 Å². The molecule has 0 radical (unpaired) electrons. The molecule has 16 heteroatoms. The number of hydrogen-bond donors (Lipinski definition) is 2. The van der Waals surface area contributed by atoms with Gasteiger partial charge in [0.2, 0.25) is 0 Å². The molecule has 3 aromatic rings. The van der Waals surface area contributed by atoms with E-state index in [9.17, 15) is 39.0 Å². The Bertz CT molecular complexity index is 1970. The summed E-state index contributed by atoms with van der Waals surface area (Å²) in [5, 5.41) is 19.6. The van der Waals surface area contributed by atoms with Gasteiger partial charge in [0.1, 0.15) is 26.4 Å². The average Bonchev–Trinajstić information content (AvgIpc) is 3.47. The van der Waals surface area contributed by atoms with E-state index in [-0.39, 0.29) is 57.1 Å². The normalized spacial score (nSPS) is 22.5. The zero-order valence-electron chi connectivity index (χ0n) is 31.2. The number of carboxylic acid groups (broad SMARTS) is 2. The number of carbonyl (C=O) groups excluding carboxylic acids is 4. The number of carbonyl (C=O) groups is 6. The lowest BCUT2D eigenvalue weighted by atomic mass is 9.73. The zero-order chi connectivity index (χ0) is 40.7. The summed E-state index contributed by atoms with van der Waals surface area (Å²) in [5.74, 6) is -7.57. The molecule has 2 saturated carbocycles. The predicted molar refractivity (Wildman–Crippen MR) is 204 cm³/mol.